The molecule has 0 saturated heterocycles. The van der Waals surface area contributed by atoms with Crippen molar-refractivity contribution in [1.82, 2.24) is 25.7 Å². The van der Waals surface area contributed by atoms with Gasteiger partial charge in [-0.2, -0.15) is 10.1 Å². The van der Waals surface area contributed by atoms with Gasteiger partial charge < -0.3 is 15.2 Å². The molecule has 9 nitrogen and oxygen atoms in total. The summed E-state index contributed by atoms with van der Waals surface area (Å²) >= 11 is 0. The zero-order chi connectivity index (χ0) is 23.9. The van der Waals surface area contributed by atoms with Crippen LogP contribution in [0.2, 0.25) is 0 Å². The number of hydrogen-bond acceptors (Lipinski definition) is 7. The number of amides is 1. The second-order valence-electron chi connectivity index (χ2n) is 8.31. The average molecular weight is 461 g/mol. The molecule has 0 aliphatic rings. The molecule has 0 saturated carbocycles. The molecule has 4 rings (SSSR count). The Morgan fingerprint density at radius 2 is 1.79 bits per heavy atom. The van der Waals surface area contributed by atoms with Crippen LogP contribution in [-0.2, 0) is 11.2 Å². The summed E-state index contributed by atoms with van der Waals surface area (Å²) in [5.74, 6) is 1.71. The molecule has 0 fully saturated rings. The molecule has 0 atom stereocenters. The lowest BCUT2D eigenvalue weighted by Gasteiger charge is -2.09. The number of anilines is 1. The zero-order valence-electron chi connectivity index (χ0n) is 19.4. The number of fused-ring (bicyclic) bond motifs is 1. The number of aryl methyl sites for hydroxylation is 3. The van der Waals surface area contributed by atoms with Crippen molar-refractivity contribution in [3.8, 4) is 11.4 Å². The van der Waals surface area contributed by atoms with Crippen LogP contribution in [0.25, 0.3) is 22.2 Å². The highest BCUT2D eigenvalue weighted by molar-refractivity contribution is 5.91. The Kier molecular flexibility index (Phi) is 7.31. The van der Waals surface area contributed by atoms with Gasteiger partial charge in [-0.1, -0.05) is 46.6 Å². The molecule has 2 aromatic carbocycles. The Labute approximate surface area is 197 Å². The molecular weight excluding hydrogens is 432 g/mol. The lowest BCUT2D eigenvalue weighted by Crippen LogP contribution is -2.25. The fourth-order valence-corrected chi connectivity index (χ4v) is 3.60. The molecule has 2 heterocycles. The maximum atomic E-state index is 12.1. The van der Waals surface area contributed by atoms with E-state index < -0.39 is 0 Å². The molecule has 34 heavy (non-hydrogen) atoms. The first kappa shape index (κ1) is 23.2. The number of H-pyrrole nitrogens is 1. The fourth-order valence-electron chi connectivity index (χ4n) is 3.60. The van der Waals surface area contributed by atoms with Gasteiger partial charge in [-0.25, -0.2) is 5.10 Å². The first-order valence-corrected chi connectivity index (χ1v) is 11.4. The van der Waals surface area contributed by atoms with E-state index in [1.54, 1.807) is 6.07 Å². The van der Waals surface area contributed by atoms with Crippen molar-refractivity contribution in [3.63, 3.8) is 0 Å². The smallest absolute Gasteiger partial charge is 0.272 e. The third-order valence-corrected chi connectivity index (χ3v) is 5.48. The van der Waals surface area contributed by atoms with Gasteiger partial charge in [0, 0.05) is 36.9 Å². The molecule has 0 aliphatic carbocycles. The maximum absolute atomic E-state index is 12.1. The highest BCUT2D eigenvalue weighted by atomic mass is 16.5. The van der Waals surface area contributed by atoms with E-state index in [0.29, 0.717) is 55.3 Å². The van der Waals surface area contributed by atoms with Crippen LogP contribution in [-0.4, -0.2) is 39.3 Å². The molecule has 0 unspecified atom stereocenters. The lowest BCUT2D eigenvalue weighted by molar-refractivity contribution is -0.121. The number of nitrogens with zero attached hydrogens (tertiary/aromatic N) is 3. The standard InChI is InChI=1S/C25H28N6O3/c1-16-7-10-18(11-8-16)23-28-22(34-31-23)6-3-5-21(32)26-13-4-14-27-24-20-15-17(2)9-12-19(20)25(33)30-29-24/h7-12,15H,3-6,13-14H2,1-2H3,(H,26,32)(H,27,29)(H,30,33). The second kappa shape index (κ2) is 10.7. The first-order valence-electron chi connectivity index (χ1n) is 11.4. The summed E-state index contributed by atoms with van der Waals surface area (Å²) < 4.78 is 5.30. The van der Waals surface area contributed by atoms with Crippen molar-refractivity contribution >= 4 is 22.5 Å². The van der Waals surface area contributed by atoms with E-state index in [1.165, 1.54) is 5.56 Å². The van der Waals surface area contributed by atoms with Gasteiger partial charge >= 0.3 is 0 Å². The number of aromatic amines is 1. The third-order valence-electron chi connectivity index (χ3n) is 5.48. The van der Waals surface area contributed by atoms with E-state index in [4.69, 9.17) is 4.52 Å². The van der Waals surface area contributed by atoms with Crippen LogP contribution in [0.15, 0.2) is 51.8 Å². The molecule has 4 aromatic rings. The molecule has 1 amide bonds. The quantitative estimate of drug-likeness (QED) is 0.309. The average Bonchev–Trinajstić information content (AvgIpc) is 3.29. The summed E-state index contributed by atoms with van der Waals surface area (Å²) in [4.78, 5) is 28.5. The van der Waals surface area contributed by atoms with Crippen LogP contribution < -0.4 is 16.2 Å². The van der Waals surface area contributed by atoms with Gasteiger partial charge in [-0.15, -0.1) is 0 Å². The van der Waals surface area contributed by atoms with Gasteiger partial charge in [0.25, 0.3) is 5.56 Å². The number of carbonyl (C=O) groups excluding carboxylic acids is 1. The van der Waals surface area contributed by atoms with E-state index in [0.717, 1.165) is 22.9 Å². The fraction of sp³-hybridized carbons (Fsp3) is 0.320. The lowest BCUT2D eigenvalue weighted by atomic mass is 10.1. The molecule has 9 heteroatoms. The monoisotopic (exact) mass is 460 g/mol. The van der Waals surface area contributed by atoms with Crippen LogP contribution in [0, 0.1) is 13.8 Å². The summed E-state index contributed by atoms with van der Waals surface area (Å²) in [6, 6.07) is 13.6. The van der Waals surface area contributed by atoms with Crippen LogP contribution in [0.3, 0.4) is 0 Å². The van der Waals surface area contributed by atoms with Crippen molar-refractivity contribution in [1.29, 1.82) is 0 Å². The van der Waals surface area contributed by atoms with Crippen molar-refractivity contribution < 1.29 is 9.32 Å². The third kappa shape index (κ3) is 5.86. The molecule has 3 N–H and O–H groups in total. The zero-order valence-corrected chi connectivity index (χ0v) is 19.4. The number of aromatic nitrogens is 4. The SMILES string of the molecule is Cc1ccc(-c2noc(CCCC(=O)NCCCNc3n[nH]c(=O)c4ccc(C)cc34)n2)cc1. The molecule has 2 aromatic heterocycles. The molecular formula is C25H28N6O3. The Hall–Kier alpha value is -4.01. The summed E-state index contributed by atoms with van der Waals surface area (Å²) in [7, 11) is 0. The Morgan fingerprint density at radius 3 is 2.62 bits per heavy atom. The van der Waals surface area contributed by atoms with Crippen molar-refractivity contribution in [3.05, 3.63) is 69.8 Å². The Balaban J connectivity index is 1.16. The Morgan fingerprint density at radius 1 is 1.00 bits per heavy atom. The van der Waals surface area contributed by atoms with Crippen LogP contribution in [0.4, 0.5) is 5.82 Å². The van der Waals surface area contributed by atoms with E-state index >= 15 is 0 Å². The summed E-state index contributed by atoms with van der Waals surface area (Å²) in [5, 5.41) is 18.2. The predicted octanol–water partition coefficient (Wildman–Crippen LogP) is 3.53. The number of rotatable bonds is 10. The predicted molar refractivity (Wildman–Crippen MR) is 131 cm³/mol. The molecule has 176 valence electrons. The summed E-state index contributed by atoms with van der Waals surface area (Å²) in [5.41, 5.74) is 2.93. The highest BCUT2D eigenvalue weighted by Crippen LogP contribution is 2.19. The van der Waals surface area contributed by atoms with E-state index in [1.807, 2.05) is 50.2 Å². The molecule has 0 aliphatic heterocycles. The van der Waals surface area contributed by atoms with Gasteiger partial charge in [0.15, 0.2) is 5.82 Å². The molecule has 0 radical (unpaired) electrons. The van der Waals surface area contributed by atoms with Gasteiger partial charge in [-0.05, 0) is 38.8 Å². The van der Waals surface area contributed by atoms with Crippen LogP contribution in [0.5, 0.6) is 0 Å². The number of hydrogen-bond donors (Lipinski definition) is 3. The van der Waals surface area contributed by atoms with Crippen molar-refractivity contribution in [2.75, 3.05) is 18.4 Å². The van der Waals surface area contributed by atoms with Crippen LogP contribution in [0.1, 0.15) is 36.3 Å². The number of nitrogens with one attached hydrogen (secondary N) is 3. The summed E-state index contributed by atoms with van der Waals surface area (Å²) in [6.45, 7) is 5.16. The van der Waals surface area contributed by atoms with Gasteiger partial charge in [0.1, 0.15) is 0 Å². The summed E-state index contributed by atoms with van der Waals surface area (Å²) in [6.07, 6.45) is 2.30. The van der Waals surface area contributed by atoms with Gasteiger partial charge in [-0.3, -0.25) is 9.59 Å². The van der Waals surface area contributed by atoms with Crippen LogP contribution >= 0.6 is 0 Å². The first-order chi connectivity index (χ1) is 16.5. The van der Waals surface area contributed by atoms with Crippen molar-refractivity contribution in [2.45, 2.75) is 39.5 Å². The molecule has 0 bridgehead atoms. The van der Waals surface area contributed by atoms with Gasteiger partial charge in [0.05, 0.1) is 5.39 Å². The van der Waals surface area contributed by atoms with Crippen molar-refractivity contribution in [2.24, 2.45) is 0 Å². The minimum atomic E-state index is -0.209. The number of carbonyl (C=O) groups is 1. The van der Waals surface area contributed by atoms with E-state index in [9.17, 15) is 9.59 Å². The highest BCUT2D eigenvalue weighted by Gasteiger charge is 2.10. The largest absolute Gasteiger partial charge is 0.368 e. The minimum Gasteiger partial charge on any atom is -0.368 e. The Bertz CT molecular complexity index is 1330. The maximum Gasteiger partial charge on any atom is 0.272 e. The number of benzene rings is 2. The van der Waals surface area contributed by atoms with E-state index in [-0.39, 0.29) is 11.5 Å². The van der Waals surface area contributed by atoms with E-state index in [2.05, 4.69) is 31.0 Å². The second-order valence-corrected chi connectivity index (χ2v) is 8.31. The molecule has 0 spiro atoms. The minimum absolute atomic E-state index is 0.0125. The van der Waals surface area contributed by atoms with Gasteiger partial charge in [0.2, 0.25) is 17.6 Å². The normalized spacial score (nSPS) is 11.0. The topological polar surface area (TPSA) is 126 Å².